The van der Waals surface area contributed by atoms with E-state index < -0.39 is 0 Å². The second-order valence-corrected chi connectivity index (χ2v) is 6.42. The molecule has 0 saturated carbocycles. The summed E-state index contributed by atoms with van der Waals surface area (Å²) in [6, 6.07) is 20.6. The molecule has 1 amide bonds. The maximum atomic E-state index is 13.0. The molecule has 3 nitrogen and oxygen atoms in total. The Morgan fingerprint density at radius 3 is 2.39 bits per heavy atom. The molecule has 3 atom stereocenters. The van der Waals surface area contributed by atoms with Crippen LogP contribution < -0.4 is 0 Å². The number of fused-ring (bicyclic) bond motifs is 1. The molecule has 0 radical (unpaired) electrons. The topological polar surface area (TPSA) is 29.5 Å². The number of benzene rings is 2. The summed E-state index contributed by atoms with van der Waals surface area (Å²) in [5, 5.41) is 0. The fraction of sp³-hybridized carbons (Fsp3) is 0.350. The second kappa shape index (κ2) is 6.17. The number of amides is 1. The molecule has 0 aromatic heterocycles. The van der Waals surface area contributed by atoms with E-state index in [1.807, 2.05) is 41.3 Å². The lowest BCUT2D eigenvalue weighted by atomic mass is 9.89. The number of ether oxygens (including phenoxy) is 1. The van der Waals surface area contributed by atoms with Crippen molar-refractivity contribution < 1.29 is 9.53 Å². The van der Waals surface area contributed by atoms with Gasteiger partial charge < -0.3 is 9.64 Å². The lowest BCUT2D eigenvalue weighted by Crippen LogP contribution is -2.46. The normalized spacial score (nSPS) is 27.0. The van der Waals surface area contributed by atoms with Crippen molar-refractivity contribution in [1.82, 2.24) is 4.90 Å². The quantitative estimate of drug-likeness (QED) is 0.867. The fourth-order valence-electron chi connectivity index (χ4n) is 3.78. The van der Waals surface area contributed by atoms with Crippen LogP contribution in [0.25, 0.3) is 0 Å². The predicted molar refractivity (Wildman–Crippen MR) is 88.6 cm³/mol. The van der Waals surface area contributed by atoms with Gasteiger partial charge in [-0.05, 0) is 30.4 Å². The highest BCUT2D eigenvalue weighted by atomic mass is 16.5. The minimum absolute atomic E-state index is 0.0419. The maximum Gasteiger partial charge on any atom is 0.228 e. The summed E-state index contributed by atoms with van der Waals surface area (Å²) < 4.78 is 5.90. The van der Waals surface area contributed by atoms with E-state index in [2.05, 4.69) is 24.3 Å². The first-order valence-corrected chi connectivity index (χ1v) is 8.35. The third kappa shape index (κ3) is 2.77. The standard InChI is InChI=1S/C20H21NO2/c22-20-17(13-15-7-3-1-4-8-15)11-12-19-21(20)18(14-23-19)16-9-5-2-6-10-16/h1-10,17-19H,11-14H2/t17-,18+,19+/m1/s1. The van der Waals surface area contributed by atoms with Crippen LogP contribution in [-0.2, 0) is 16.0 Å². The van der Waals surface area contributed by atoms with Gasteiger partial charge in [-0.3, -0.25) is 4.79 Å². The minimum Gasteiger partial charge on any atom is -0.356 e. The number of nitrogens with zero attached hydrogens (tertiary/aromatic N) is 1. The van der Waals surface area contributed by atoms with Crippen molar-refractivity contribution in [2.75, 3.05) is 6.61 Å². The number of hydrogen-bond acceptors (Lipinski definition) is 2. The van der Waals surface area contributed by atoms with Gasteiger partial charge in [0.05, 0.1) is 12.6 Å². The SMILES string of the molecule is O=C1[C@@H](Cc2ccccc2)CC[C@@H]2OC[C@@H](c3ccccc3)N12. The van der Waals surface area contributed by atoms with Crippen LogP contribution in [0.2, 0.25) is 0 Å². The molecule has 118 valence electrons. The molecule has 4 rings (SSSR count). The molecular weight excluding hydrogens is 286 g/mol. The van der Waals surface area contributed by atoms with E-state index in [1.165, 1.54) is 11.1 Å². The number of hydrogen-bond donors (Lipinski definition) is 0. The van der Waals surface area contributed by atoms with Gasteiger partial charge in [-0.1, -0.05) is 60.7 Å². The Kier molecular flexibility index (Phi) is 3.88. The molecule has 0 aliphatic carbocycles. The Balaban J connectivity index is 1.55. The third-order valence-electron chi connectivity index (χ3n) is 4.97. The highest BCUT2D eigenvalue weighted by molar-refractivity contribution is 5.81. The van der Waals surface area contributed by atoms with E-state index in [-0.39, 0.29) is 24.1 Å². The van der Waals surface area contributed by atoms with Gasteiger partial charge in [0, 0.05) is 5.92 Å². The summed E-state index contributed by atoms with van der Waals surface area (Å²) in [5.41, 5.74) is 2.41. The Morgan fingerprint density at radius 2 is 1.65 bits per heavy atom. The van der Waals surface area contributed by atoms with Crippen LogP contribution in [0.3, 0.4) is 0 Å². The molecule has 3 heteroatoms. The number of piperidine rings is 1. The lowest BCUT2D eigenvalue weighted by Gasteiger charge is -2.36. The van der Waals surface area contributed by atoms with Crippen molar-refractivity contribution in [2.24, 2.45) is 5.92 Å². The van der Waals surface area contributed by atoms with Gasteiger partial charge in [-0.2, -0.15) is 0 Å². The van der Waals surface area contributed by atoms with E-state index in [9.17, 15) is 4.79 Å². The van der Waals surface area contributed by atoms with Crippen LogP contribution in [-0.4, -0.2) is 23.6 Å². The highest BCUT2D eigenvalue weighted by Gasteiger charge is 2.44. The van der Waals surface area contributed by atoms with Crippen LogP contribution >= 0.6 is 0 Å². The lowest BCUT2D eigenvalue weighted by molar-refractivity contribution is -0.148. The molecule has 0 bridgehead atoms. The Morgan fingerprint density at radius 1 is 0.957 bits per heavy atom. The van der Waals surface area contributed by atoms with Crippen LogP contribution in [0.15, 0.2) is 60.7 Å². The van der Waals surface area contributed by atoms with Crippen LogP contribution in [0.5, 0.6) is 0 Å². The van der Waals surface area contributed by atoms with Crippen molar-refractivity contribution in [3.05, 3.63) is 71.8 Å². The van der Waals surface area contributed by atoms with Gasteiger partial charge in [0.2, 0.25) is 5.91 Å². The molecule has 23 heavy (non-hydrogen) atoms. The number of carbonyl (C=O) groups is 1. The monoisotopic (exact) mass is 307 g/mol. The average molecular weight is 307 g/mol. The molecule has 0 unspecified atom stereocenters. The zero-order valence-corrected chi connectivity index (χ0v) is 13.1. The van der Waals surface area contributed by atoms with E-state index in [0.29, 0.717) is 6.61 Å². The van der Waals surface area contributed by atoms with E-state index in [0.717, 1.165) is 19.3 Å². The Hall–Kier alpha value is -2.13. The minimum atomic E-state index is -0.0419. The molecule has 0 spiro atoms. The summed E-state index contributed by atoms with van der Waals surface area (Å²) in [6.45, 7) is 0.610. The van der Waals surface area contributed by atoms with Crippen LogP contribution in [0.4, 0.5) is 0 Å². The van der Waals surface area contributed by atoms with Gasteiger partial charge in [-0.15, -0.1) is 0 Å². The molecule has 2 aliphatic rings. The molecule has 2 aromatic carbocycles. The molecule has 2 fully saturated rings. The summed E-state index contributed by atoms with van der Waals surface area (Å²) in [5.74, 6) is 0.318. The van der Waals surface area contributed by atoms with Crippen molar-refractivity contribution in [1.29, 1.82) is 0 Å². The smallest absolute Gasteiger partial charge is 0.228 e. The molecular formula is C20H21NO2. The highest BCUT2D eigenvalue weighted by Crippen LogP contribution is 2.38. The molecule has 0 N–H and O–H groups in total. The average Bonchev–Trinajstić information content (AvgIpc) is 3.04. The first-order chi connectivity index (χ1) is 11.3. The summed E-state index contributed by atoms with van der Waals surface area (Å²) in [6.07, 6.45) is 2.63. The molecule has 2 heterocycles. The van der Waals surface area contributed by atoms with Crippen molar-refractivity contribution in [3.8, 4) is 0 Å². The number of rotatable bonds is 3. The van der Waals surface area contributed by atoms with Crippen molar-refractivity contribution >= 4 is 5.91 Å². The van der Waals surface area contributed by atoms with Gasteiger partial charge in [-0.25, -0.2) is 0 Å². The molecule has 2 saturated heterocycles. The summed E-state index contributed by atoms with van der Waals surface area (Å²) in [4.78, 5) is 15.0. The van der Waals surface area contributed by atoms with Gasteiger partial charge in [0.1, 0.15) is 6.23 Å². The van der Waals surface area contributed by atoms with Crippen molar-refractivity contribution in [2.45, 2.75) is 31.5 Å². The molecule has 2 aliphatic heterocycles. The van der Waals surface area contributed by atoms with Gasteiger partial charge in [0.15, 0.2) is 0 Å². The van der Waals surface area contributed by atoms with E-state index in [1.54, 1.807) is 0 Å². The maximum absolute atomic E-state index is 13.0. The van der Waals surface area contributed by atoms with Crippen LogP contribution in [0, 0.1) is 5.92 Å². The first-order valence-electron chi connectivity index (χ1n) is 8.35. The Bertz CT molecular complexity index is 671. The first kappa shape index (κ1) is 14.5. The van der Waals surface area contributed by atoms with Gasteiger partial charge >= 0.3 is 0 Å². The zero-order chi connectivity index (χ0) is 15.6. The Labute approximate surface area is 136 Å². The van der Waals surface area contributed by atoms with Crippen molar-refractivity contribution in [3.63, 3.8) is 0 Å². The summed E-state index contributed by atoms with van der Waals surface area (Å²) in [7, 11) is 0. The summed E-state index contributed by atoms with van der Waals surface area (Å²) >= 11 is 0. The van der Waals surface area contributed by atoms with E-state index in [4.69, 9.17) is 4.74 Å². The fourth-order valence-corrected chi connectivity index (χ4v) is 3.78. The largest absolute Gasteiger partial charge is 0.356 e. The predicted octanol–water partition coefficient (Wildman–Crippen LogP) is 3.57. The second-order valence-electron chi connectivity index (χ2n) is 6.42. The van der Waals surface area contributed by atoms with Crippen LogP contribution in [0.1, 0.15) is 30.0 Å². The third-order valence-corrected chi connectivity index (χ3v) is 4.97. The number of carbonyl (C=O) groups excluding carboxylic acids is 1. The van der Waals surface area contributed by atoms with Gasteiger partial charge in [0.25, 0.3) is 0 Å². The van der Waals surface area contributed by atoms with E-state index >= 15 is 0 Å². The molecule has 2 aromatic rings. The zero-order valence-electron chi connectivity index (χ0n) is 13.1.